The number of hydroxylamine groups is 2. The van der Waals surface area contributed by atoms with Gasteiger partial charge in [-0.25, -0.2) is 9.59 Å². The SMILES string of the molecule is C=CC(=O)OCCCCCC(=O)ON1C(=O)c2ccc(C)cc2C1=O. The number of aryl methyl sites for hydroxylation is 1. The fourth-order valence-corrected chi connectivity index (χ4v) is 2.34. The van der Waals surface area contributed by atoms with E-state index >= 15 is 0 Å². The number of esters is 1. The van der Waals surface area contributed by atoms with Crippen molar-refractivity contribution in [2.75, 3.05) is 6.61 Å². The summed E-state index contributed by atoms with van der Waals surface area (Å²) in [6.45, 7) is 5.34. The van der Waals surface area contributed by atoms with Crippen LogP contribution in [0.2, 0.25) is 0 Å². The number of carbonyl (C=O) groups excluding carboxylic acids is 4. The molecule has 0 atom stereocenters. The molecule has 132 valence electrons. The molecule has 7 nitrogen and oxygen atoms in total. The van der Waals surface area contributed by atoms with E-state index in [2.05, 4.69) is 6.58 Å². The van der Waals surface area contributed by atoms with Crippen molar-refractivity contribution < 1.29 is 28.8 Å². The van der Waals surface area contributed by atoms with Gasteiger partial charge in [0.25, 0.3) is 11.8 Å². The Morgan fingerprint density at radius 2 is 1.84 bits per heavy atom. The van der Waals surface area contributed by atoms with Gasteiger partial charge in [-0.05, 0) is 38.3 Å². The highest BCUT2D eigenvalue weighted by atomic mass is 16.7. The minimum Gasteiger partial charge on any atom is -0.463 e. The van der Waals surface area contributed by atoms with Crippen molar-refractivity contribution in [2.24, 2.45) is 0 Å². The molecule has 1 aliphatic heterocycles. The van der Waals surface area contributed by atoms with Gasteiger partial charge in [0.2, 0.25) is 0 Å². The van der Waals surface area contributed by atoms with Gasteiger partial charge in [-0.2, -0.15) is 0 Å². The van der Waals surface area contributed by atoms with Gasteiger partial charge in [-0.1, -0.05) is 23.3 Å². The van der Waals surface area contributed by atoms with Gasteiger partial charge in [0.15, 0.2) is 0 Å². The van der Waals surface area contributed by atoms with Gasteiger partial charge < -0.3 is 9.57 Å². The molecule has 2 amide bonds. The number of amides is 2. The number of hydrogen-bond acceptors (Lipinski definition) is 6. The van der Waals surface area contributed by atoms with Crippen LogP contribution in [0.25, 0.3) is 0 Å². The van der Waals surface area contributed by atoms with Gasteiger partial charge in [0.1, 0.15) is 0 Å². The predicted molar refractivity (Wildman–Crippen MR) is 87.4 cm³/mol. The van der Waals surface area contributed by atoms with E-state index in [4.69, 9.17) is 9.57 Å². The van der Waals surface area contributed by atoms with Gasteiger partial charge in [0.05, 0.1) is 17.7 Å². The van der Waals surface area contributed by atoms with Crippen molar-refractivity contribution in [1.82, 2.24) is 5.06 Å². The summed E-state index contributed by atoms with van der Waals surface area (Å²) in [5, 5.41) is 0.512. The summed E-state index contributed by atoms with van der Waals surface area (Å²) >= 11 is 0. The maximum atomic E-state index is 12.2. The first kappa shape index (κ1) is 18.4. The average molecular weight is 345 g/mol. The average Bonchev–Trinajstić information content (AvgIpc) is 2.82. The zero-order valence-corrected chi connectivity index (χ0v) is 13.9. The Balaban J connectivity index is 1.76. The van der Waals surface area contributed by atoms with Crippen LogP contribution >= 0.6 is 0 Å². The highest BCUT2D eigenvalue weighted by Gasteiger charge is 2.38. The second kappa shape index (κ2) is 8.23. The van der Waals surface area contributed by atoms with Crippen molar-refractivity contribution in [3.63, 3.8) is 0 Å². The van der Waals surface area contributed by atoms with E-state index in [0.717, 1.165) is 11.6 Å². The van der Waals surface area contributed by atoms with E-state index < -0.39 is 23.8 Å². The summed E-state index contributed by atoms with van der Waals surface area (Å²) in [6, 6.07) is 4.85. The monoisotopic (exact) mass is 345 g/mol. The largest absolute Gasteiger partial charge is 0.463 e. The molecule has 0 aliphatic carbocycles. The van der Waals surface area contributed by atoms with Crippen molar-refractivity contribution >= 4 is 23.8 Å². The fraction of sp³-hybridized carbons (Fsp3) is 0.333. The van der Waals surface area contributed by atoms with E-state index in [1.54, 1.807) is 25.1 Å². The summed E-state index contributed by atoms with van der Waals surface area (Å²) < 4.78 is 4.81. The molecule has 1 aromatic carbocycles. The summed E-state index contributed by atoms with van der Waals surface area (Å²) in [7, 11) is 0. The van der Waals surface area contributed by atoms with E-state index in [1.807, 2.05) is 0 Å². The van der Waals surface area contributed by atoms with Crippen LogP contribution in [-0.4, -0.2) is 35.4 Å². The van der Waals surface area contributed by atoms with Crippen molar-refractivity contribution in [3.05, 3.63) is 47.5 Å². The highest BCUT2D eigenvalue weighted by Crippen LogP contribution is 2.24. The van der Waals surface area contributed by atoms with Crippen LogP contribution in [0.5, 0.6) is 0 Å². The molecule has 0 saturated carbocycles. The Bertz CT molecular complexity index is 724. The Morgan fingerprint density at radius 1 is 1.12 bits per heavy atom. The lowest BCUT2D eigenvalue weighted by molar-refractivity contribution is -0.168. The van der Waals surface area contributed by atoms with E-state index in [9.17, 15) is 19.2 Å². The Morgan fingerprint density at radius 3 is 2.56 bits per heavy atom. The summed E-state index contributed by atoms with van der Waals surface area (Å²) in [5.74, 6) is -2.41. The van der Waals surface area contributed by atoms with Crippen molar-refractivity contribution in [3.8, 4) is 0 Å². The zero-order chi connectivity index (χ0) is 18.4. The summed E-state index contributed by atoms with van der Waals surface area (Å²) in [6.07, 6.45) is 2.87. The molecule has 7 heteroatoms. The first-order valence-corrected chi connectivity index (χ1v) is 7.93. The number of unbranched alkanes of at least 4 members (excludes halogenated alkanes) is 2. The van der Waals surface area contributed by atoms with E-state index in [-0.39, 0.29) is 24.2 Å². The Labute approximate surface area is 145 Å². The van der Waals surface area contributed by atoms with Gasteiger partial charge in [0, 0.05) is 12.5 Å². The molecule has 0 unspecified atom stereocenters. The molecule has 0 saturated heterocycles. The Kier molecular flexibility index (Phi) is 6.05. The lowest BCUT2D eigenvalue weighted by Gasteiger charge is -2.12. The van der Waals surface area contributed by atoms with Crippen LogP contribution in [0.3, 0.4) is 0 Å². The smallest absolute Gasteiger partial charge is 0.333 e. The second-order valence-corrected chi connectivity index (χ2v) is 5.60. The minimum absolute atomic E-state index is 0.0574. The molecule has 0 fully saturated rings. The van der Waals surface area contributed by atoms with Crippen LogP contribution in [0.1, 0.15) is 52.0 Å². The van der Waals surface area contributed by atoms with Crippen LogP contribution in [-0.2, 0) is 19.2 Å². The molecule has 1 aromatic rings. The molecular formula is C18H19NO6. The highest BCUT2D eigenvalue weighted by molar-refractivity contribution is 6.21. The lowest BCUT2D eigenvalue weighted by atomic mass is 10.1. The number of rotatable bonds is 8. The normalized spacial score (nSPS) is 12.8. The van der Waals surface area contributed by atoms with Crippen LogP contribution < -0.4 is 0 Å². The van der Waals surface area contributed by atoms with Gasteiger partial charge in [-0.3, -0.25) is 9.59 Å². The second-order valence-electron chi connectivity index (χ2n) is 5.60. The number of imide groups is 1. The maximum absolute atomic E-state index is 12.2. The summed E-state index contributed by atoms with van der Waals surface area (Å²) in [5.41, 5.74) is 1.31. The Hall–Kier alpha value is -2.96. The topological polar surface area (TPSA) is 90.0 Å². The number of benzene rings is 1. The molecule has 25 heavy (non-hydrogen) atoms. The van der Waals surface area contributed by atoms with Crippen molar-refractivity contribution in [1.29, 1.82) is 0 Å². The van der Waals surface area contributed by atoms with Gasteiger partial charge in [-0.15, -0.1) is 0 Å². The third-order valence-electron chi connectivity index (χ3n) is 3.63. The van der Waals surface area contributed by atoms with Crippen LogP contribution in [0.4, 0.5) is 0 Å². The van der Waals surface area contributed by atoms with Crippen LogP contribution in [0.15, 0.2) is 30.9 Å². The molecule has 0 bridgehead atoms. The standard InChI is InChI=1S/C18H19NO6/c1-3-15(20)24-10-6-4-5-7-16(21)25-19-17(22)13-9-8-12(2)11-14(13)18(19)23/h3,8-9,11H,1,4-7,10H2,2H3. The zero-order valence-electron chi connectivity index (χ0n) is 13.9. The third-order valence-corrected chi connectivity index (χ3v) is 3.63. The van der Waals surface area contributed by atoms with Crippen molar-refractivity contribution in [2.45, 2.75) is 32.6 Å². The fourth-order valence-electron chi connectivity index (χ4n) is 2.34. The van der Waals surface area contributed by atoms with Crippen LogP contribution in [0, 0.1) is 6.92 Å². The first-order chi connectivity index (χ1) is 11.9. The number of hydrogen-bond donors (Lipinski definition) is 0. The molecule has 1 aliphatic rings. The predicted octanol–water partition coefficient (Wildman–Crippen LogP) is 2.34. The van der Waals surface area contributed by atoms with E-state index in [1.165, 1.54) is 0 Å². The maximum Gasteiger partial charge on any atom is 0.333 e. The van der Waals surface area contributed by atoms with Gasteiger partial charge >= 0.3 is 11.9 Å². The third kappa shape index (κ3) is 4.53. The van der Waals surface area contributed by atoms with E-state index in [0.29, 0.717) is 24.3 Å². The lowest BCUT2D eigenvalue weighted by Crippen LogP contribution is -2.32. The first-order valence-electron chi connectivity index (χ1n) is 7.93. The number of carbonyl (C=O) groups is 4. The summed E-state index contributed by atoms with van der Waals surface area (Å²) in [4.78, 5) is 51.9. The number of ether oxygens (including phenoxy) is 1. The molecule has 0 spiro atoms. The molecular weight excluding hydrogens is 326 g/mol. The molecule has 0 N–H and O–H groups in total. The molecule has 2 rings (SSSR count). The quantitative estimate of drug-likeness (QED) is 0.311. The number of fused-ring (bicyclic) bond motifs is 1. The molecule has 0 aromatic heterocycles. The number of nitrogens with zero attached hydrogens (tertiary/aromatic N) is 1. The minimum atomic E-state index is -0.658. The molecule has 0 radical (unpaired) electrons. The molecule has 1 heterocycles.